The van der Waals surface area contributed by atoms with E-state index in [1.807, 2.05) is 36.4 Å². The molecule has 0 aliphatic heterocycles. The lowest BCUT2D eigenvalue weighted by Crippen LogP contribution is -2.16. The summed E-state index contributed by atoms with van der Waals surface area (Å²) in [6.45, 7) is 5.85. The Bertz CT molecular complexity index is 504. The van der Waals surface area contributed by atoms with Crippen LogP contribution in [0.4, 0.5) is 0 Å². The highest BCUT2D eigenvalue weighted by Crippen LogP contribution is 2.13. The van der Waals surface area contributed by atoms with Crippen LogP contribution in [0.15, 0.2) is 42.0 Å². The van der Waals surface area contributed by atoms with E-state index in [2.05, 4.69) is 12.2 Å². The molecule has 1 aromatic carbocycles. The van der Waals surface area contributed by atoms with Crippen molar-refractivity contribution in [3.05, 3.63) is 47.6 Å². The molecule has 0 saturated heterocycles. The third kappa shape index (κ3) is 6.59. The Balaban J connectivity index is 2.76. The van der Waals surface area contributed by atoms with Gasteiger partial charge in [-0.05, 0) is 43.7 Å². The Morgan fingerprint density at radius 2 is 1.95 bits per heavy atom. The lowest BCUT2D eigenvalue weighted by molar-refractivity contribution is -0.138. The largest absolute Gasteiger partial charge is 0.497 e. The molecule has 0 aliphatic carbocycles. The van der Waals surface area contributed by atoms with E-state index in [0.717, 1.165) is 24.3 Å². The first-order valence-corrected chi connectivity index (χ1v) is 7.61. The maximum atomic E-state index is 11.9. The minimum Gasteiger partial charge on any atom is -0.497 e. The summed E-state index contributed by atoms with van der Waals surface area (Å²) in [7, 11) is 1.63. The summed E-state index contributed by atoms with van der Waals surface area (Å²) in [6, 6.07) is 7.65. The number of methoxy groups -OCH3 is 1. The number of nitrogens with one attached hydrogen (secondary N) is 1. The van der Waals surface area contributed by atoms with Crippen LogP contribution in [0.25, 0.3) is 6.08 Å². The predicted molar refractivity (Wildman–Crippen MR) is 89.9 cm³/mol. The van der Waals surface area contributed by atoms with Gasteiger partial charge in [0.2, 0.25) is 0 Å². The molecule has 0 bridgehead atoms. The molecule has 1 N–H and O–H groups in total. The van der Waals surface area contributed by atoms with E-state index < -0.39 is 0 Å². The van der Waals surface area contributed by atoms with Crippen molar-refractivity contribution in [2.45, 2.75) is 20.3 Å². The fourth-order valence-corrected chi connectivity index (χ4v) is 1.80. The van der Waals surface area contributed by atoms with Crippen molar-refractivity contribution in [2.24, 2.45) is 0 Å². The van der Waals surface area contributed by atoms with Crippen LogP contribution in [0.2, 0.25) is 0 Å². The molecule has 120 valence electrons. The number of ether oxygens (including phenoxy) is 2. The Morgan fingerprint density at radius 1 is 1.23 bits per heavy atom. The number of benzene rings is 1. The molecule has 0 radical (unpaired) electrons. The number of rotatable bonds is 9. The van der Waals surface area contributed by atoms with Gasteiger partial charge in [-0.3, -0.25) is 0 Å². The van der Waals surface area contributed by atoms with E-state index in [1.165, 1.54) is 0 Å². The minimum atomic E-state index is -0.300. The minimum absolute atomic E-state index is 0.300. The van der Waals surface area contributed by atoms with Crippen molar-refractivity contribution in [3.8, 4) is 5.75 Å². The molecule has 0 amide bonds. The lowest BCUT2D eigenvalue weighted by Gasteiger charge is -2.04. The maximum absolute atomic E-state index is 11.9. The van der Waals surface area contributed by atoms with Gasteiger partial charge >= 0.3 is 5.97 Å². The predicted octanol–water partition coefficient (Wildman–Crippen LogP) is 3.20. The molecule has 22 heavy (non-hydrogen) atoms. The standard InChI is InChI=1S/C18H25NO3/c1-4-13-19-14-12-16(18(20)22-5-2)9-6-15-7-10-17(21-3)11-8-15/h6-12,19H,4-5,13-14H2,1-3H3/b9-6+,16-12+. The third-order valence-corrected chi connectivity index (χ3v) is 2.98. The summed E-state index contributed by atoms with van der Waals surface area (Å²) < 4.78 is 10.2. The van der Waals surface area contributed by atoms with Crippen molar-refractivity contribution in [1.29, 1.82) is 0 Å². The second kappa shape index (κ2) is 10.6. The zero-order valence-corrected chi connectivity index (χ0v) is 13.6. The summed E-state index contributed by atoms with van der Waals surface area (Å²) in [5, 5.41) is 3.24. The first-order valence-electron chi connectivity index (χ1n) is 7.61. The van der Waals surface area contributed by atoms with Gasteiger partial charge < -0.3 is 14.8 Å². The van der Waals surface area contributed by atoms with Crippen LogP contribution >= 0.6 is 0 Å². The average Bonchev–Trinajstić information content (AvgIpc) is 2.55. The van der Waals surface area contributed by atoms with Gasteiger partial charge in [0.25, 0.3) is 0 Å². The molecule has 1 rings (SSSR count). The van der Waals surface area contributed by atoms with E-state index in [9.17, 15) is 4.79 Å². The maximum Gasteiger partial charge on any atom is 0.337 e. The van der Waals surface area contributed by atoms with Crippen LogP contribution in [0.5, 0.6) is 5.75 Å². The Morgan fingerprint density at radius 3 is 2.55 bits per heavy atom. The second-order valence-corrected chi connectivity index (χ2v) is 4.69. The Kier molecular flexibility index (Phi) is 8.69. The normalized spacial score (nSPS) is 11.7. The van der Waals surface area contributed by atoms with E-state index in [0.29, 0.717) is 18.7 Å². The quantitative estimate of drug-likeness (QED) is 0.329. The molecular weight excluding hydrogens is 278 g/mol. The van der Waals surface area contributed by atoms with Gasteiger partial charge in [-0.25, -0.2) is 4.79 Å². The van der Waals surface area contributed by atoms with Gasteiger partial charge in [-0.15, -0.1) is 0 Å². The molecular formula is C18H25NO3. The molecule has 1 aromatic rings. The molecule has 0 atom stereocenters. The fourth-order valence-electron chi connectivity index (χ4n) is 1.80. The van der Waals surface area contributed by atoms with Crippen LogP contribution in [0.3, 0.4) is 0 Å². The van der Waals surface area contributed by atoms with Crippen LogP contribution in [0, 0.1) is 0 Å². The molecule has 0 aliphatic rings. The fraction of sp³-hybridized carbons (Fsp3) is 0.389. The molecule has 0 fully saturated rings. The van der Waals surface area contributed by atoms with Gasteiger partial charge in [0.1, 0.15) is 5.75 Å². The number of carbonyl (C=O) groups is 1. The van der Waals surface area contributed by atoms with Crippen molar-refractivity contribution < 1.29 is 14.3 Å². The topological polar surface area (TPSA) is 47.6 Å². The zero-order chi connectivity index (χ0) is 16.2. The van der Waals surface area contributed by atoms with Crippen molar-refractivity contribution in [3.63, 3.8) is 0 Å². The summed E-state index contributed by atoms with van der Waals surface area (Å²) >= 11 is 0. The molecule has 0 unspecified atom stereocenters. The Labute approximate surface area is 132 Å². The highest BCUT2D eigenvalue weighted by molar-refractivity contribution is 5.92. The molecule has 4 nitrogen and oxygen atoms in total. The molecule has 0 heterocycles. The van der Waals surface area contributed by atoms with Crippen LogP contribution in [-0.2, 0) is 9.53 Å². The van der Waals surface area contributed by atoms with Gasteiger partial charge in [0.15, 0.2) is 0 Å². The molecule has 0 aromatic heterocycles. The number of hydrogen-bond donors (Lipinski definition) is 1. The molecule has 0 saturated carbocycles. The van der Waals surface area contributed by atoms with E-state index in [-0.39, 0.29) is 5.97 Å². The molecule has 4 heteroatoms. The summed E-state index contributed by atoms with van der Waals surface area (Å²) in [6.07, 6.45) is 6.59. The number of hydrogen-bond acceptors (Lipinski definition) is 4. The summed E-state index contributed by atoms with van der Waals surface area (Å²) in [4.78, 5) is 11.9. The average molecular weight is 303 g/mol. The lowest BCUT2D eigenvalue weighted by atomic mass is 10.1. The highest BCUT2D eigenvalue weighted by atomic mass is 16.5. The third-order valence-electron chi connectivity index (χ3n) is 2.98. The number of carbonyl (C=O) groups excluding carboxylic acids is 1. The van der Waals surface area contributed by atoms with Crippen LogP contribution in [0.1, 0.15) is 25.8 Å². The second-order valence-electron chi connectivity index (χ2n) is 4.69. The van der Waals surface area contributed by atoms with Gasteiger partial charge in [-0.1, -0.05) is 31.2 Å². The smallest absolute Gasteiger partial charge is 0.337 e. The van der Waals surface area contributed by atoms with Gasteiger partial charge in [-0.2, -0.15) is 0 Å². The van der Waals surface area contributed by atoms with Crippen LogP contribution < -0.4 is 10.1 Å². The van der Waals surface area contributed by atoms with Crippen molar-refractivity contribution in [1.82, 2.24) is 5.32 Å². The van der Waals surface area contributed by atoms with E-state index in [4.69, 9.17) is 9.47 Å². The number of esters is 1. The van der Waals surface area contributed by atoms with Crippen molar-refractivity contribution >= 4 is 12.0 Å². The van der Waals surface area contributed by atoms with E-state index in [1.54, 1.807) is 20.1 Å². The Hall–Kier alpha value is -2.07. The van der Waals surface area contributed by atoms with Crippen LogP contribution in [-0.4, -0.2) is 32.8 Å². The highest BCUT2D eigenvalue weighted by Gasteiger charge is 2.06. The monoisotopic (exact) mass is 303 g/mol. The summed E-state index contributed by atoms with van der Waals surface area (Å²) in [5.41, 5.74) is 1.55. The summed E-state index contributed by atoms with van der Waals surface area (Å²) in [5.74, 6) is 0.507. The first kappa shape index (κ1) is 18.0. The van der Waals surface area contributed by atoms with E-state index >= 15 is 0 Å². The van der Waals surface area contributed by atoms with Gasteiger partial charge in [0, 0.05) is 6.54 Å². The SMILES string of the molecule is CCCNC/C=C(\C=C\c1ccc(OC)cc1)C(=O)OCC. The van der Waals surface area contributed by atoms with Gasteiger partial charge in [0.05, 0.1) is 19.3 Å². The first-order chi connectivity index (χ1) is 10.7. The zero-order valence-electron chi connectivity index (χ0n) is 13.6. The van der Waals surface area contributed by atoms with Crippen molar-refractivity contribution in [2.75, 3.05) is 26.8 Å². The molecule has 0 spiro atoms.